The highest BCUT2D eigenvalue weighted by Crippen LogP contribution is 2.19. The summed E-state index contributed by atoms with van der Waals surface area (Å²) in [6.07, 6.45) is -2.11. The second kappa shape index (κ2) is 6.02. The van der Waals surface area contributed by atoms with E-state index in [1.54, 1.807) is 0 Å². The Morgan fingerprint density at radius 2 is 2.18 bits per heavy atom. The smallest absolute Gasteiger partial charge is 0.261 e. The average molecular weight is 249 g/mol. The molecule has 0 aliphatic rings. The van der Waals surface area contributed by atoms with Crippen molar-refractivity contribution in [3.05, 3.63) is 11.7 Å². The maximum Gasteiger partial charge on any atom is 0.261 e. The highest BCUT2D eigenvalue weighted by Gasteiger charge is 2.25. The first-order chi connectivity index (χ1) is 7.95. The SMILES string of the molecule is CC(C)(CN)c1nc(CCOCC(F)F)no1. The van der Waals surface area contributed by atoms with Gasteiger partial charge in [-0.15, -0.1) is 0 Å². The number of hydrogen-bond donors (Lipinski definition) is 1. The van der Waals surface area contributed by atoms with Gasteiger partial charge in [-0.05, 0) is 13.8 Å². The highest BCUT2D eigenvalue weighted by molar-refractivity contribution is 5.01. The molecule has 1 heterocycles. The molecule has 0 atom stereocenters. The molecular formula is C10H17F2N3O2. The normalized spacial score (nSPS) is 12.4. The summed E-state index contributed by atoms with van der Waals surface area (Å²) in [4.78, 5) is 4.14. The summed E-state index contributed by atoms with van der Waals surface area (Å²) >= 11 is 0. The summed E-state index contributed by atoms with van der Waals surface area (Å²) in [6, 6.07) is 0. The second-order valence-electron chi connectivity index (χ2n) is 4.32. The third kappa shape index (κ3) is 4.35. The van der Waals surface area contributed by atoms with Gasteiger partial charge in [0.25, 0.3) is 6.43 Å². The minimum absolute atomic E-state index is 0.145. The summed E-state index contributed by atoms with van der Waals surface area (Å²) in [7, 11) is 0. The fraction of sp³-hybridized carbons (Fsp3) is 0.800. The van der Waals surface area contributed by atoms with Gasteiger partial charge in [0.1, 0.15) is 6.61 Å². The van der Waals surface area contributed by atoms with Gasteiger partial charge in [0.05, 0.1) is 12.0 Å². The van der Waals surface area contributed by atoms with Gasteiger partial charge in [0.15, 0.2) is 5.82 Å². The van der Waals surface area contributed by atoms with Crippen LogP contribution < -0.4 is 5.73 Å². The summed E-state index contributed by atoms with van der Waals surface area (Å²) in [5.41, 5.74) is 5.19. The van der Waals surface area contributed by atoms with Gasteiger partial charge >= 0.3 is 0 Å². The Kier molecular flexibility index (Phi) is 4.95. The number of hydrogen-bond acceptors (Lipinski definition) is 5. The van der Waals surface area contributed by atoms with Crippen molar-refractivity contribution in [1.82, 2.24) is 10.1 Å². The van der Waals surface area contributed by atoms with Crippen LogP contribution in [0.5, 0.6) is 0 Å². The molecule has 0 aliphatic carbocycles. The number of halogens is 2. The molecule has 0 amide bonds. The maximum atomic E-state index is 11.8. The first-order valence-electron chi connectivity index (χ1n) is 5.34. The van der Waals surface area contributed by atoms with E-state index in [1.165, 1.54) is 0 Å². The second-order valence-corrected chi connectivity index (χ2v) is 4.32. The molecule has 17 heavy (non-hydrogen) atoms. The van der Waals surface area contributed by atoms with Crippen molar-refractivity contribution in [3.63, 3.8) is 0 Å². The quantitative estimate of drug-likeness (QED) is 0.733. The fourth-order valence-corrected chi connectivity index (χ4v) is 1.05. The summed E-state index contributed by atoms with van der Waals surface area (Å²) in [5.74, 6) is 0.889. The van der Waals surface area contributed by atoms with Crippen LogP contribution in [0.3, 0.4) is 0 Å². The van der Waals surface area contributed by atoms with E-state index in [0.29, 0.717) is 24.7 Å². The van der Waals surface area contributed by atoms with Crippen LogP contribution in [0.1, 0.15) is 25.6 Å². The fourth-order valence-electron chi connectivity index (χ4n) is 1.05. The number of aromatic nitrogens is 2. The zero-order chi connectivity index (χ0) is 12.9. The van der Waals surface area contributed by atoms with Crippen LogP contribution in [0.4, 0.5) is 8.78 Å². The Hall–Kier alpha value is -1.08. The Bertz CT molecular complexity index is 342. The van der Waals surface area contributed by atoms with Crippen LogP contribution >= 0.6 is 0 Å². The van der Waals surface area contributed by atoms with Crippen molar-refractivity contribution in [1.29, 1.82) is 0 Å². The van der Waals surface area contributed by atoms with Crippen LogP contribution in [0, 0.1) is 0 Å². The molecule has 0 radical (unpaired) electrons. The van der Waals surface area contributed by atoms with E-state index >= 15 is 0 Å². The monoisotopic (exact) mass is 249 g/mol. The lowest BCUT2D eigenvalue weighted by molar-refractivity contribution is 0.0182. The maximum absolute atomic E-state index is 11.8. The molecule has 0 fully saturated rings. The van der Waals surface area contributed by atoms with E-state index in [9.17, 15) is 8.78 Å². The summed E-state index contributed by atoms with van der Waals surface area (Å²) in [5, 5.41) is 3.74. The number of alkyl halides is 2. The minimum atomic E-state index is -2.45. The van der Waals surface area contributed by atoms with Gasteiger partial charge in [0.2, 0.25) is 5.89 Å². The lowest BCUT2D eigenvalue weighted by atomic mass is 9.94. The van der Waals surface area contributed by atoms with Crippen molar-refractivity contribution in [3.8, 4) is 0 Å². The zero-order valence-electron chi connectivity index (χ0n) is 9.95. The van der Waals surface area contributed by atoms with Crippen LogP contribution in [0.2, 0.25) is 0 Å². The summed E-state index contributed by atoms with van der Waals surface area (Å²) < 4.78 is 33.3. The topological polar surface area (TPSA) is 74.2 Å². The van der Waals surface area contributed by atoms with E-state index in [1.807, 2.05) is 13.8 Å². The molecule has 0 spiro atoms. The molecule has 1 aromatic rings. The van der Waals surface area contributed by atoms with Crippen LogP contribution in [0.25, 0.3) is 0 Å². The molecule has 0 saturated heterocycles. The molecule has 1 aromatic heterocycles. The van der Waals surface area contributed by atoms with Gasteiger partial charge < -0.3 is 15.0 Å². The van der Waals surface area contributed by atoms with Crippen LogP contribution in [0.15, 0.2) is 4.52 Å². The van der Waals surface area contributed by atoms with Gasteiger partial charge in [-0.3, -0.25) is 0 Å². The molecule has 0 bridgehead atoms. The zero-order valence-corrected chi connectivity index (χ0v) is 9.95. The average Bonchev–Trinajstić information content (AvgIpc) is 2.73. The Morgan fingerprint density at radius 3 is 2.76 bits per heavy atom. The van der Waals surface area contributed by atoms with Crippen LogP contribution in [-0.2, 0) is 16.6 Å². The number of nitrogens with two attached hydrogens (primary N) is 1. The Balaban J connectivity index is 2.41. The Morgan fingerprint density at radius 1 is 1.47 bits per heavy atom. The van der Waals surface area contributed by atoms with Gasteiger partial charge in [-0.2, -0.15) is 4.98 Å². The van der Waals surface area contributed by atoms with Crippen molar-refractivity contribution in [2.75, 3.05) is 19.8 Å². The number of rotatable bonds is 7. The Labute approximate surface area is 98.3 Å². The predicted octanol–water partition coefficient (Wildman–Crippen LogP) is 1.13. The van der Waals surface area contributed by atoms with Crippen molar-refractivity contribution < 1.29 is 18.0 Å². The van der Waals surface area contributed by atoms with Crippen LogP contribution in [-0.4, -0.2) is 36.3 Å². The van der Waals surface area contributed by atoms with E-state index in [0.717, 1.165) is 0 Å². The molecule has 0 aromatic carbocycles. The van der Waals surface area contributed by atoms with Gasteiger partial charge in [-0.25, -0.2) is 8.78 Å². The minimum Gasteiger partial charge on any atom is -0.375 e. The third-order valence-corrected chi connectivity index (χ3v) is 2.27. The molecule has 1 rings (SSSR count). The highest BCUT2D eigenvalue weighted by atomic mass is 19.3. The van der Waals surface area contributed by atoms with Crippen molar-refractivity contribution in [2.24, 2.45) is 5.73 Å². The predicted molar refractivity (Wildman–Crippen MR) is 56.9 cm³/mol. The molecule has 0 saturated carbocycles. The first-order valence-corrected chi connectivity index (χ1v) is 5.34. The van der Waals surface area contributed by atoms with Gasteiger partial charge in [-0.1, -0.05) is 5.16 Å². The number of ether oxygens (including phenoxy) is 1. The van der Waals surface area contributed by atoms with E-state index < -0.39 is 13.0 Å². The largest absolute Gasteiger partial charge is 0.375 e. The van der Waals surface area contributed by atoms with Crippen molar-refractivity contribution in [2.45, 2.75) is 32.1 Å². The lowest BCUT2D eigenvalue weighted by Gasteiger charge is -2.15. The van der Waals surface area contributed by atoms with Gasteiger partial charge in [0, 0.05) is 13.0 Å². The van der Waals surface area contributed by atoms with Crippen molar-refractivity contribution >= 4 is 0 Å². The molecule has 0 aliphatic heterocycles. The molecule has 5 nitrogen and oxygen atoms in total. The molecule has 7 heteroatoms. The molecule has 0 unspecified atom stereocenters. The standard InChI is InChI=1S/C10H17F2N3O2/c1-10(2,6-13)9-14-8(15-17-9)3-4-16-5-7(11)12/h7H,3-6,13H2,1-2H3. The van der Waals surface area contributed by atoms with E-state index in [-0.39, 0.29) is 12.0 Å². The molecule has 2 N–H and O–H groups in total. The first kappa shape index (κ1) is 14.0. The lowest BCUT2D eigenvalue weighted by Crippen LogP contribution is -2.28. The van der Waals surface area contributed by atoms with E-state index in [2.05, 4.69) is 10.1 Å². The summed E-state index contributed by atoms with van der Waals surface area (Å²) in [6.45, 7) is 3.73. The molecular weight excluding hydrogens is 232 g/mol. The molecule has 98 valence electrons. The van der Waals surface area contributed by atoms with E-state index in [4.69, 9.17) is 15.0 Å². The third-order valence-electron chi connectivity index (χ3n) is 2.27. The number of nitrogens with zero attached hydrogens (tertiary/aromatic N) is 2.